The van der Waals surface area contributed by atoms with E-state index < -0.39 is 0 Å². The summed E-state index contributed by atoms with van der Waals surface area (Å²) in [6, 6.07) is 4.26. The summed E-state index contributed by atoms with van der Waals surface area (Å²) < 4.78 is 0. The molecule has 2 aliphatic carbocycles. The van der Waals surface area contributed by atoms with Crippen molar-refractivity contribution in [1.29, 1.82) is 0 Å². The van der Waals surface area contributed by atoms with Gasteiger partial charge in [0.2, 0.25) is 0 Å². The van der Waals surface area contributed by atoms with Gasteiger partial charge < -0.3 is 4.98 Å². The van der Waals surface area contributed by atoms with Crippen LogP contribution in [0, 0.1) is 0 Å². The van der Waals surface area contributed by atoms with Crippen LogP contribution in [0.4, 0.5) is 0 Å². The maximum Gasteiger partial charge on any atom is 0.0961 e. The van der Waals surface area contributed by atoms with E-state index in [0.717, 1.165) is 5.52 Å². The summed E-state index contributed by atoms with van der Waals surface area (Å²) in [7, 11) is 0. The Morgan fingerprint density at radius 1 is 1.33 bits per heavy atom. The molecule has 2 heteroatoms. The Balaban J connectivity index is 2.74. The lowest BCUT2D eigenvalue weighted by molar-refractivity contribution is 1.34. The Morgan fingerprint density at radius 2 is 2.33 bits per heavy atom. The number of fused-ring (bicyclic) bond motifs is 3. The molecule has 0 aliphatic heterocycles. The molecule has 1 heterocycles. The molecule has 3 rings (SSSR count). The van der Waals surface area contributed by atoms with Crippen molar-refractivity contribution in [2.45, 2.75) is 0 Å². The van der Waals surface area contributed by atoms with Gasteiger partial charge in [-0.1, -0.05) is 0 Å². The van der Waals surface area contributed by atoms with Crippen molar-refractivity contribution in [3.05, 3.63) is 18.5 Å². The van der Waals surface area contributed by atoms with Gasteiger partial charge in [-0.3, -0.25) is 0 Å². The Kier molecular flexibility index (Phi) is 0.358. The smallest absolute Gasteiger partial charge is 0.0961 e. The second-order valence-corrected chi connectivity index (χ2v) is 2.32. The van der Waals surface area contributed by atoms with Crippen molar-refractivity contribution in [3.63, 3.8) is 0 Å². The number of nitrogens with zero attached hydrogens (tertiary/aromatic N) is 1. The lowest BCUT2D eigenvalue weighted by Gasteiger charge is -1.68. The first-order valence-corrected chi connectivity index (χ1v) is 2.93. The highest BCUT2D eigenvalue weighted by Crippen LogP contribution is 2.40. The van der Waals surface area contributed by atoms with Crippen molar-refractivity contribution in [2.24, 2.45) is 0 Å². The zero-order chi connectivity index (χ0) is 5.84. The van der Waals surface area contributed by atoms with Gasteiger partial charge in [0.1, 0.15) is 0 Å². The maximum absolute atomic E-state index is 4.14. The molecule has 0 bridgehead atoms. The van der Waals surface area contributed by atoms with Gasteiger partial charge in [-0.25, -0.2) is 4.98 Å². The van der Waals surface area contributed by atoms with Crippen LogP contribution in [-0.4, -0.2) is 9.97 Å². The monoisotopic (exact) mass is 116 g/mol. The van der Waals surface area contributed by atoms with Crippen LogP contribution < -0.4 is 0 Å². The normalized spacial score (nSPS) is 12.4. The highest BCUT2D eigenvalue weighted by Gasteiger charge is 2.18. The van der Waals surface area contributed by atoms with E-state index in [9.17, 15) is 0 Å². The molecule has 0 fully saturated rings. The largest absolute Gasteiger partial charge is 0.345 e. The van der Waals surface area contributed by atoms with Gasteiger partial charge in [0.25, 0.3) is 0 Å². The number of aromatic amines is 1. The second-order valence-electron chi connectivity index (χ2n) is 2.32. The van der Waals surface area contributed by atoms with Crippen LogP contribution in [0.1, 0.15) is 0 Å². The number of hydrogen-bond acceptors (Lipinski definition) is 1. The molecule has 2 nitrogen and oxygen atoms in total. The highest BCUT2D eigenvalue weighted by molar-refractivity contribution is 6.05. The van der Waals surface area contributed by atoms with E-state index in [1.54, 1.807) is 6.33 Å². The molecule has 42 valence electrons. The van der Waals surface area contributed by atoms with Crippen molar-refractivity contribution < 1.29 is 0 Å². The van der Waals surface area contributed by atoms with Crippen LogP contribution >= 0.6 is 0 Å². The number of rotatable bonds is 0. The number of nitrogens with one attached hydrogen (secondary N) is 1. The second kappa shape index (κ2) is 0.880. The number of imidazole rings is 1. The third kappa shape index (κ3) is 0.286. The Morgan fingerprint density at radius 3 is 3.22 bits per heavy atom. The van der Waals surface area contributed by atoms with Crippen LogP contribution in [0.5, 0.6) is 0 Å². The van der Waals surface area contributed by atoms with E-state index in [0.29, 0.717) is 0 Å². The van der Waals surface area contributed by atoms with Gasteiger partial charge in [-0.2, -0.15) is 0 Å². The van der Waals surface area contributed by atoms with Crippen molar-refractivity contribution in [1.82, 2.24) is 9.97 Å². The van der Waals surface area contributed by atoms with Gasteiger partial charge in [0.05, 0.1) is 17.4 Å². The highest BCUT2D eigenvalue weighted by atomic mass is 14.9. The Bertz CT molecular complexity index is 387. The number of H-pyrrole nitrogens is 1. The Hall–Kier alpha value is -1.31. The lowest BCUT2D eigenvalue weighted by atomic mass is 10.5. The van der Waals surface area contributed by atoms with E-state index in [-0.39, 0.29) is 0 Å². The van der Waals surface area contributed by atoms with Gasteiger partial charge in [0.15, 0.2) is 0 Å². The average Bonchev–Trinajstić information content (AvgIpc) is 2.38. The minimum absolute atomic E-state index is 1.13. The standard InChI is InChI=1S/C7H4N2/c1-4-2-6-7(5(1)4)9-3-8-6/h1-3H,(H,8,9). The third-order valence-corrected chi connectivity index (χ3v) is 1.75. The molecule has 0 amide bonds. The molecule has 0 saturated carbocycles. The first kappa shape index (κ1) is 3.67. The number of aromatic nitrogens is 2. The first-order valence-electron chi connectivity index (χ1n) is 2.93. The summed E-state index contributed by atoms with van der Waals surface area (Å²) in [6.45, 7) is 0. The van der Waals surface area contributed by atoms with Crippen LogP contribution in [0.25, 0.3) is 22.2 Å². The fourth-order valence-corrected chi connectivity index (χ4v) is 1.23. The fourth-order valence-electron chi connectivity index (χ4n) is 1.23. The quantitative estimate of drug-likeness (QED) is 0.474. The van der Waals surface area contributed by atoms with E-state index in [1.165, 1.54) is 16.6 Å². The van der Waals surface area contributed by atoms with E-state index in [4.69, 9.17) is 0 Å². The SMILES string of the molecule is c1nc2c3cc-3cc2[nH]1. The number of hydrogen-bond donors (Lipinski definition) is 1. The van der Waals surface area contributed by atoms with Crippen LogP contribution in [0.15, 0.2) is 18.5 Å². The first-order chi connectivity index (χ1) is 4.45. The third-order valence-electron chi connectivity index (χ3n) is 1.75. The molecule has 1 aromatic heterocycles. The topological polar surface area (TPSA) is 28.7 Å². The zero-order valence-corrected chi connectivity index (χ0v) is 4.68. The Labute approximate surface area is 51.5 Å². The van der Waals surface area contributed by atoms with Gasteiger partial charge >= 0.3 is 0 Å². The summed E-state index contributed by atoms with van der Waals surface area (Å²) in [5.74, 6) is 0. The lowest BCUT2D eigenvalue weighted by Crippen LogP contribution is -1.52. The molecule has 2 aliphatic rings. The maximum atomic E-state index is 4.14. The molecule has 0 saturated heterocycles. The van der Waals surface area contributed by atoms with E-state index in [2.05, 4.69) is 22.1 Å². The van der Waals surface area contributed by atoms with Gasteiger partial charge in [-0.05, 0) is 17.7 Å². The molecule has 1 N–H and O–H groups in total. The summed E-state index contributed by atoms with van der Waals surface area (Å²) >= 11 is 0. The van der Waals surface area contributed by atoms with Crippen LogP contribution in [-0.2, 0) is 0 Å². The molecular weight excluding hydrogens is 112 g/mol. The zero-order valence-electron chi connectivity index (χ0n) is 4.68. The summed E-state index contributed by atoms with van der Waals surface area (Å²) in [5.41, 5.74) is 4.98. The predicted molar refractivity (Wildman–Crippen MR) is 35.1 cm³/mol. The molecule has 0 atom stereocenters. The summed E-state index contributed by atoms with van der Waals surface area (Å²) in [5, 5.41) is 0. The number of benzene rings is 1. The van der Waals surface area contributed by atoms with Gasteiger partial charge in [0, 0.05) is 5.56 Å². The minimum Gasteiger partial charge on any atom is -0.345 e. The van der Waals surface area contributed by atoms with Crippen LogP contribution in [0.2, 0.25) is 0 Å². The van der Waals surface area contributed by atoms with Crippen LogP contribution in [0.3, 0.4) is 0 Å². The molecule has 0 spiro atoms. The predicted octanol–water partition coefficient (Wildman–Crippen LogP) is 1.54. The molecule has 1 aromatic rings. The van der Waals surface area contributed by atoms with E-state index in [1.807, 2.05) is 0 Å². The van der Waals surface area contributed by atoms with Crippen molar-refractivity contribution in [3.8, 4) is 11.1 Å². The fraction of sp³-hybridized carbons (Fsp3) is 0. The molecule has 0 aromatic carbocycles. The van der Waals surface area contributed by atoms with Gasteiger partial charge in [-0.15, -0.1) is 0 Å². The van der Waals surface area contributed by atoms with Crippen molar-refractivity contribution in [2.75, 3.05) is 0 Å². The summed E-state index contributed by atoms with van der Waals surface area (Å²) in [6.07, 6.45) is 1.73. The molecule has 9 heavy (non-hydrogen) atoms. The van der Waals surface area contributed by atoms with E-state index >= 15 is 0 Å². The molecule has 0 radical (unpaired) electrons. The summed E-state index contributed by atoms with van der Waals surface area (Å²) in [4.78, 5) is 7.19. The van der Waals surface area contributed by atoms with Crippen molar-refractivity contribution >= 4 is 11.0 Å². The minimum atomic E-state index is 1.13. The molecule has 0 unspecified atom stereocenters. The average molecular weight is 116 g/mol. The molecular formula is C7H4N2.